The fourth-order valence-corrected chi connectivity index (χ4v) is 8.12. The molecule has 3 heterocycles. The second kappa shape index (κ2) is 14.7. The van der Waals surface area contributed by atoms with Crippen molar-refractivity contribution in [3.63, 3.8) is 0 Å². The molecular weight excluding hydrogens is 675 g/mol. The Bertz CT molecular complexity index is 1930. The molecule has 1 aliphatic heterocycles. The molecule has 2 atom stereocenters. The average Bonchev–Trinajstić information content (AvgIpc) is 3.70. The lowest BCUT2D eigenvalue weighted by molar-refractivity contribution is 0.399. The van der Waals surface area contributed by atoms with Crippen LogP contribution in [-0.2, 0) is 41.8 Å². The molecule has 1 N–H and O–H groups in total. The number of sulfone groups is 2. The van der Waals surface area contributed by atoms with Crippen LogP contribution in [0.25, 0.3) is 21.8 Å². The van der Waals surface area contributed by atoms with E-state index >= 15 is 0 Å². The Labute approximate surface area is 267 Å². The normalized spacial score (nSPS) is 13.4. The zero-order chi connectivity index (χ0) is 31.2. The summed E-state index contributed by atoms with van der Waals surface area (Å²) in [6.45, 7) is 2.35. The van der Waals surface area contributed by atoms with Crippen LogP contribution in [0.15, 0.2) is 63.6 Å². The maximum absolute atomic E-state index is 12.6. The van der Waals surface area contributed by atoms with Gasteiger partial charge in [-0.1, -0.05) is 23.2 Å². The molecule has 0 amide bonds. The molecule has 43 heavy (non-hydrogen) atoms. The predicted octanol–water partition coefficient (Wildman–Crippen LogP) is 4.77. The number of aliphatic imine (C=N–C) groups is 1. The van der Waals surface area contributed by atoms with Crippen LogP contribution in [0.5, 0.6) is 0 Å². The van der Waals surface area contributed by atoms with E-state index in [0.717, 1.165) is 24.4 Å². The predicted molar refractivity (Wildman–Crippen MR) is 179 cm³/mol. The van der Waals surface area contributed by atoms with E-state index in [-0.39, 0.29) is 43.9 Å². The minimum atomic E-state index is -3.49. The zero-order valence-corrected chi connectivity index (χ0v) is 28.2. The third kappa shape index (κ3) is 8.07. The van der Waals surface area contributed by atoms with Gasteiger partial charge in [0.1, 0.15) is 12.4 Å². The van der Waals surface area contributed by atoms with E-state index < -0.39 is 19.7 Å². The van der Waals surface area contributed by atoms with Crippen LogP contribution < -0.4 is 5.32 Å². The summed E-state index contributed by atoms with van der Waals surface area (Å²) in [5, 5.41) is 14.1. The number of nitrogens with one attached hydrogen (secondary N) is 1. The van der Waals surface area contributed by atoms with Gasteiger partial charge >= 0.3 is 0 Å². The van der Waals surface area contributed by atoms with Crippen LogP contribution in [0.3, 0.4) is 0 Å². The maximum atomic E-state index is 12.6. The monoisotopic (exact) mass is 711 g/mol. The molecule has 17 heteroatoms. The molecule has 0 aliphatic carbocycles. The molecule has 234 valence electrons. The summed E-state index contributed by atoms with van der Waals surface area (Å²) in [5.41, 5.74) is 1.48. The minimum absolute atomic E-state index is 0. The van der Waals surface area contributed by atoms with Crippen molar-refractivity contribution in [2.45, 2.75) is 22.9 Å². The molecule has 0 saturated carbocycles. The van der Waals surface area contributed by atoms with Crippen molar-refractivity contribution in [1.29, 1.82) is 5.26 Å². The summed E-state index contributed by atoms with van der Waals surface area (Å²) in [6.07, 6.45) is 3.13. The quantitative estimate of drug-likeness (QED) is 0.219. The second-order valence-corrected chi connectivity index (χ2v) is 15.1. The van der Waals surface area contributed by atoms with Gasteiger partial charge in [0, 0.05) is 67.1 Å². The molecule has 4 aromatic rings. The van der Waals surface area contributed by atoms with Crippen LogP contribution in [0, 0.1) is 11.3 Å². The number of benzene rings is 2. The van der Waals surface area contributed by atoms with Crippen molar-refractivity contribution >= 4 is 89.5 Å². The highest BCUT2D eigenvalue weighted by molar-refractivity contribution is 7.92. The number of fused-ring (bicyclic) bond motifs is 2. The fourth-order valence-electron chi connectivity index (χ4n) is 4.56. The van der Waals surface area contributed by atoms with Gasteiger partial charge in [-0.3, -0.25) is 4.99 Å². The van der Waals surface area contributed by atoms with E-state index in [2.05, 4.69) is 19.8 Å². The number of amidine groups is 1. The molecule has 2 unspecified atom stereocenters. The average molecular weight is 713 g/mol. The summed E-state index contributed by atoms with van der Waals surface area (Å²) in [7, 11) is -2.86. The summed E-state index contributed by atoms with van der Waals surface area (Å²) >= 11 is 12.0. The smallest absolute Gasteiger partial charge is 0.182 e. The van der Waals surface area contributed by atoms with E-state index in [1.807, 2.05) is 26.2 Å². The Balaban J connectivity index is 0.000000303. The van der Waals surface area contributed by atoms with Crippen molar-refractivity contribution in [1.82, 2.24) is 14.5 Å². The van der Waals surface area contributed by atoms with Crippen molar-refractivity contribution in [3.8, 4) is 6.07 Å². The van der Waals surface area contributed by atoms with Crippen LogP contribution >= 0.6 is 42.1 Å². The Kier molecular flexibility index (Phi) is 11.5. The van der Waals surface area contributed by atoms with Crippen LogP contribution in [-0.4, -0.2) is 69.6 Å². The first-order valence-corrected chi connectivity index (χ1v) is 17.8. The summed E-state index contributed by atoms with van der Waals surface area (Å²) in [6, 6.07) is 12.3. The first-order chi connectivity index (χ1) is 20.5. The SMILES string of the molecule is N#CCn1cc(S(=O)(=O)CCOP)c2cc(Cl)ccc21.O=S(=O)(CCOP)c1cn(CC2=NCCN2)c2ccc(Cl)cc12.[3HH].[3HH]. The van der Waals surface area contributed by atoms with Crippen molar-refractivity contribution in [3.05, 3.63) is 58.8 Å². The van der Waals surface area contributed by atoms with Crippen molar-refractivity contribution < 1.29 is 28.7 Å². The first kappa shape index (κ1) is 33.6. The van der Waals surface area contributed by atoms with E-state index in [1.54, 1.807) is 41.1 Å². The molecule has 2 aromatic heterocycles. The van der Waals surface area contributed by atoms with Crippen molar-refractivity contribution in [2.75, 3.05) is 37.8 Å². The van der Waals surface area contributed by atoms with E-state index in [9.17, 15) is 16.8 Å². The molecule has 5 rings (SSSR count). The van der Waals surface area contributed by atoms with Gasteiger partial charge in [-0.15, -0.1) is 0 Å². The number of aromatic nitrogens is 2. The highest BCUT2D eigenvalue weighted by Gasteiger charge is 2.23. The van der Waals surface area contributed by atoms with Gasteiger partial charge in [0.2, 0.25) is 0 Å². The lowest BCUT2D eigenvalue weighted by atomic mass is 10.2. The lowest BCUT2D eigenvalue weighted by Gasteiger charge is -2.05. The number of hydrogen-bond acceptors (Lipinski definition) is 9. The largest absolute Gasteiger partial charge is 0.370 e. The Hall–Kier alpha value is -2.26. The van der Waals surface area contributed by atoms with Crippen molar-refractivity contribution in [2.24, 2.45) is 4.99 Å². The van der Waals surface area contributed by atoms with Gasteiger partial charge in [-0.2, -0.15) is 5.26 Å². The Morgan fingerprint density at radius 2 is 1.42 bits per heavy atom. The third-order valence-electron chi connectivity index (χ3n) is 6.53. The third-order valence-corrected chi connectivity index (χ3v) is 10.9. The molecule has 0 radical (unpaired) electrons. The number of hydrogen-bond donors (Lipinski definition) is 1. The van der Waals surface area contributed by atoms with Gasteiger partial charge in [0.15, 0.2) is 19.7 Å². The minimum Gasteiger partial charge on any atom is -0.370 e. The van der Waals surface area contributed by atoms with Gasteiger partial charge in [-0.25, -0.2) is 16.8 Å². The number of nitriles is 1. The Morgan fingerprint density at radius 3 is 1.88 bits per heavy atom. The number of halogens is 2. The van der Waals surface area contributed by atoms with E-state index in [4.69, 9.17) is 37.5 Å². The molecular formula is C26H33Cl2N5O6P2S2. The topological polar surface area (TPSA) is 145 Å². The Morgan fingerprint density at radius 1 is 0.907 bits per heavy atom. The van der Waals surface area contributed by atoms with Gasteiger partial charge in [-0.05, 0) is 36.4 Å². The highest BCUT2D eigenvalue weighted by Crippen LogP contribution is 2.30. The highest BCUT2D eigenvalue weighted by atomic mass is 35.5. The number of nitrogens with zero attached hydrogens (tertiary/aromatic N) is 4. The molecule has 1 aliphatic rings. The molecule has 0 fully saturated rings. The van der Waals surface area contributed by atoms with Gasteiger partial charge < -0.3 is 23.5 Å². The molecule has 0 bridgehead atoms. The molecule has 0 saturated heterocycles. The molecule has 2 aromatic carbocycles. The van der Waals surface area contributed by atoms with Gasteiger partial charge in [0.25, 0.3) is 0 Å². The fraction of sp³-hybridized carbons (Fsp3) is 0.308. The van der Waals surface area contributed by atoms with E-state index in [1.165, 1.54) is 6.20 Å². The van der Waals surface area contributed by atoms with Crippen LogP contribution in [0.1, 0.15) is 2.85 Å². The molecule has 11 nitrogen and oxygen atoms in total. The lowest BCUT2D eigenvalue weighted by Crippen LogP contribution is -2.23. The van der Waals surface area contributed by atoms with Crippen LogP contribution in [0.2, 0.25) is 10.0 Å². The van der Waals surface area contributed by atoms with Crippen LogP contribution in [0.4, 0.5) is 0 Å². The summed E-state index contributed by atoms with van der Waals surface area (Å²) < 4.78 is 62.8. The van der Waals surface area contributed by atoms with Gasteiger partial charge in [0.05, 0.1) is 59.2 Å². The van der Waals surface area contributed by atoms with E-state index in [0.29, 0.717) is 32.9 Å². The first-order valence-electron chi connectivity index (χ1n) is 12.8. The summed E-state index contributed by atoms with van der Waals surface area (Å²) in [5.74, 6) is 0.643. The standard InChI is InChI=1S/C14H17ClN3O3PS.C12H12ClN2O3PS.2H2/c15-10-1-2-12-11(7-10)13(23(19,20)6-5-21-22)8-18(12)9-14-16-3-4-17-14;13-9-1-2-11-10(7-9)12(8-15(11)4-3-14)20(16,17)6-5-18-19;;/h1-2,7-8H,3-6,9,22H2,(H,16,17);1-2,7-8H,4-6,19H2;2*1H/i;;2*1+2. The molecule has 0 spiro atoms. The second-order valence-electron chi connectivity index (χ2n) is 9.36. The summed E-state index contributed by atoms with van der Waals surface area (Å²) in [4.78, 5) is 4.81. The maximum Gasteiger partial charge on any atom is 0.182 e. The number of rotatable bonds is 11. The zero-order valence-electron chi connectivity index (χ0n) is 22.7.